The monoisotopic (exact) mass is 238 g/mol. The van der Waals surface area contributed by atoms with Crippen LogP contribution in [0.5, 0.6) is 0 Å². The second-order valence-electron chi connectivity index (χ2n) is 5.21. The first-order chi connectivity index (χ1) is 8.07. The molecule has 0 aromatic carbocycles. The van der Waals surface area contributed by atoms with E-state index < -0.39 is 0 Å². The van der Waals surface area contributed by atoms with Gasteiger partial charge < -0.3 is 10.5 Å². The van der Waals surface area contributed by atoms with Gasteiger partial charge >= 0.3 is 0 Å². The van der Waals surface area contributed by atoms with Crippen LogP contribution >= 0.6 is 0 Å². The number of ether oxygens (including phenoxy) is 1. The fourth-order valence-corrected chi connectivity index (χ4v) is 2.43. The van der Waals surface area contributed by atoms with Gasteiger partial charge in [-0.2, -0.15) is 5.10 Å². The summed E-state index contributed by atoms with van der Waals surface area (Å²) in [4.78, 5) is 4.48. The molecule has 96 valence electrons. The quantitative estimate of drug-likeness (QED) is 0.843. The van der Waals surface area contributed by atoms with E-state index in [-0.39, 0.29) is 11.6 Å². The van der Waals surface area contributed by atoms with Crippen LogP contribution in [0.4, 0.5) is 0 Å². The van der Waals surface area contributed by atoms with E-state index in [2.05, 4.69) is 22.1 Å². The lowest BCUT2D eigenvalue weighted by molar-refractivity contribution is -0.0595. The third-order valence-corrected chi connectivity index (χ3v) is 3.81. The molecule has 3 N–H and O–H groups in total. The molecule has 0 radical (unpaired) electrons. The van der Waals surface area contributed by atoms with Crippen molar-refractivity contribution in [1.82, 2.24) is 15.2 Å². The Bertz CT molecular complexity index is 366. The van der Waals surface area contributed by atoms with Crippen molar-refractivity contribution in [1.29, 1.82) is 0 Å². The molecule has 1 fully saturated rings. The molecule has 0 spiro atoms. The van der Waals surface area contributed by atoms with Crippen molar-refractivity contribution in [3.8, 4) is 0 Å². The standard InChI is InChI=1S/C12H22N4O/c1-8-4-6-12(17-3,7-5-8)11-14-10(9(2)13)15-16-11/h8-9H,4-7,13H2,1-3H3,(H,14,15,16). The Morgan fingerprint density at radius 1 is 1.47 bits per heavy atom. The molecule has 0 aliphatic heterocycles. The van der Waals surface area contributed by atoms with Crippen molar-refractivity contribution in [3.05, 3.63) is 11.6 Å². The second kappa shape index (κ2) is 4.74. The van der Waals surface area contributed by atoms with Gasteiger partial charge in [0, 0.05) is 7.11 Å². The number of rotatable bonds is 3. The van der Waals surface area contributed by atoms with E-state index in [1.165, 1.54) is 0 Å². The Labute approximate surface area is 102 Å². The molecule has 1 aliphatic carbocycles. The summed E-state index contributed by atoms with van der Waals surface area (Å²) in [7, 11) is 1.75. The number of H-pyrrole nitrogens is 1. The molecule has 17 heavy (non-hydrogen) atoms. The molecule has 5 nitrogen and oxygen atoms in total. The normalized spacial score (nSPS) is 31.4. The smallest absolute Gasteiger partial charge is 0.182 e. The molecule has 1 heterocycles. The van der Waals surface area contributed by atoms with Crippen LogP contribution in [0.1, 0.15) is 57.2 Å². The van der Waals surface area contributed by atoms with Gasteiger partial charge in [-0.1, -0.05) is 6.92 Å². The van der Waals surface area contributed by atoms with Crippen LogP contribution in [0, 0.1) is 5.92 Å². The molecular weight excluding hydrogens is 216 g/mol. The Morgan fingerprint density at radius 2 is 2.12 bits per heavy atom. The van der Waals surface area contributed by atoms with E-state index in [9.17, 15) is 0 Å². The van der Waals surface area contributed by atoms with E-state index >= 15 is 0 Å². The Balaban J connectivity index is 2.22. The fraction of sp³-hybridized carbons (Fsp3) is 0.833. The van der Waals surface area contributed by atoms with Crippen molar-refractivity contribution >= 4 is 0 Å². The molecule has 1 aromatic rings. The molecule has 5 heteroatoms. The summed E-state index contributed by atoms with van der Waals surface area (Å²) in [5.74, 6) is 2.26. The average molecular weight is 238 g/mol. The van der Waals surface area contributed by atoms with Gasteiger partial charge in [0.05, 0.1) is 6.04 Å². The van der Waals surface area contributed by atoms with Crippen molar-refractivity contribution in [3.63, 3.8) is 0 Å². The molecule has 0 saturated heterocycles. The van der Waals surface area contributed by atoms with Gasteiger partial charge in [0.15, 0.2) is 5.82 Å². The van der Waals surface area contributed by atoms with Crippen molar-refractivity contribution < 1.29 is 4.74 Å². The maximum atomic E-state index is 5.79. The maximum Gasteiger partial charge on any atom is 0.182 e. The van der Waals surface area contributed by atoms with Crippen LogP contribution < -0.4 is 5.73 Å². The summed E-state index contributed by atoms with van der Waals surface area (Å²) in [5, 5.41) is 7.19. The summed E-state index contributed by atoms with van der Waals surface area (Å²) >= 11 is 0. The zero-order valence-electron chi connectivity index (χ0n) is 10.9. The number of hydrogen-bond donors (Lipinski definition) is 2. The summed E-state index contributed by atoms with van der Waals surface area (Å²) in [6, 6.07) is -0.118. The molecule has 1 aromatic heterocycles. The van der Waals surface area contributed by atoms with Gasteiger partial charge in [0.25, 0.3) is 0 Å². The van der Waals surface area contributed by atoms with E-state index in [4.69, 9.17) is 10.5 Å². The molecule has 2 rings (SSSR count). The van der Waals surface area contributed by atoms with Crippen LogP contribution in [0.15, 0.2) is 0 Å². The third kappa shape index (κ3) is 2.35. The third-order valence-electron chi connectivity index (χ3n) is 3.81. The molecule has 1 saturated carbocycles. The summed E-state index contributed by atoms with van der Waals surface area (Å²) in [6.45, 7) is 4.18. The number of aromatic nitrogens is 3. The molecule has 0 amide bonds. The number of nitrogens with zero attached hydrogens (tertiary/aromatic N) is 2. The van der Waals surface area contributed by atoms with Gasteiger partial charge in [-0.3, -0.25) is 5.10 Å². The highest BCUT2D eigenvalue weighted by Gasteiger charge is 2.39. The number of methoxy groups -OCH3 is 1. The lowest BCUT2D eigenvalue weighted by Crippen LogP contribution is -2.34. The van der Waals surface area contributed by atoms with Gasteiger partial charge in [-0.15, -0.1) is 0 Å². The first kappa shape index (κ1) is 12.5. The van der Waals surface area contributed by atoms with Gasteiger partial charge in [0.2, 0.25) is 0 Å². The molecular formula is C12H22N4O. The molecule has 1 unspecified atom stereocenters. The van der Waals surface area contributed by atoms with Crippen LogP contribution in [-0.2, 0) is 10.3 Å². The minimum atomic E-state index is -0.309. The first-order valence-corrected chi connectivity index (χ1v) is 6.31. The predicted octanol–water partition coefficient (Wildman–Crippen LogP) is 1.88. The minimum absolute atomic E-state index is 0.118. The molecule has 1 aliphatic rings. The van der Waals surface area contributed by atoms with E-state index in [1.807, 2.05) is 6.92 Å². The summed E-state index contributed by atoms with van der Waals surface area (Å²) < 4.78 is 5.72. The fourth-order valence-electron chi connectivity index (χ4n) is 2.43. The number of hydrogen-bond acceptors (Lipinski definition) is 4. The Kier molecular flexibility index (Phi) is 3.49. The highest BCUT2D eigenvalue weighted by Crippen LogP contribution is 2.40. The molecule has 0 bridgehead atoms. The van der Waals surface area contributed by atoms with Crippen molar-refractivity contribution in [2.75, 3.05) is 7.11 Å². The zero-order chi connectivity index (χ0) is 12.5. The summed E-state index contributed by atoms with van der Waals surface area (Å²) in [5.41, 5.74) is 5.48. The second-order valence-corrected chi connectivity index (χ2v) is 5.21. The first-order valence-electron chi connectivity index (χ1n) is 6.31. The predicted molar refractivity (Wildman–Crippen MR) is 65.3 cm³/mol. The van der Waals surface area contributed by atoms with Crippen LogP contribution in [0.25, 0.3) is 0 Å². The SMILES string of the molecule is COC1(c2n[nH]c(C(C)N)n2)CCC(C)CC1. The Morgan fingerprint density at radius 3 is 2.59 bits per heavy atom. The molecule has 1 atom stereocenters. The highest BCUT2D eigenvalue weighted by molar-refractivity contribution is 5.06. The largest absolute Gasteiger partial charge is 0.370 e. The Hall–Kier alpha value is -0.940. The van der Waals surface area contributed by atoms with Crippen LogP contribution in [-0.4, -0.2) is 22.3 Å². The summed E-state index contributed by atoms with van der Waals surface area (Å²) in [6.07, 6.45) is 4.30. The van der Waals surface area contributed by atoms with Crippen molar-refractivity contribution in [2.45, 2.75) is 51.2 Å². The van der Waals surface area contributed by atoms with E-state index in [0.29, 0.717) is 0 Å². The number of nitrogens with two attached hydrogens (primary N) is 1. The van der Waals surface area contributed by atoms with Gasteiger partial charge in [-0.05, 0) is 38.5 Å². The van der Waals surface area contributed by atoms with Crippen molar-refractivity contribution in [2.24, 2.45) is 11.7 Å². The number of aromatic amines is 1. The lowest BCUT2D eigenvalue weighted by atomic mass is 9.79. The average Bonchev–Trinajstić information content (AvgIpc) is 2.81. The van der Waals surface area contributed by atoms with Gasteiger partial charge in [0.1, 0.15) is 11.4 Å². The topological polar surface area (TPSA) is 76.8 Å². The zero-order valence-corrected chi connectivity index (χ0v) is 10.9. The van der Waals surface area contributed by atoms with Crippen LogP contribution in [0.2, 0.25) is 0 Å². The van der Waals surface area contributed by atoms with E-state index in [0.717, 1.165) is 43.3 Å². The maximum absolute atomic E-state index is 5.79. The van der Waals surface area contributed by atoms with Crippen LogP contribution in [0.3, 0.4) is 0 Å². The highest BCUT2D eigenvalue weighted by atomic mass is 16.5. The lowest BCUT2D eigenvalue weighted by Gasteiger charge is -2.35. The van der Waals surface area contributed by atoms with E-state index in [1.54, 1.807) is 7.11 Å². The van der Waals surface area contributed by atoms with Gasteiger partial charge in [-0.25, -0.2) is 4.98 Å². The number of nitrogens with one attached hydrogen (secondary N) is 1. The minimum Gasteiger partial charge on any atom is -0.370 e.